The summed E-state index contributed by atoms with van der Waals surface area (Å²) in [5.74, 6) is -1.88. The predicted molar refractivity (Wildman–Crippen MR) is 225 cm³/mol. The Morgan fingerprint density at radius 3 is 1.79 bits per heavy atom. The summed E-state index contributed by atoms with van der Waals surface area (Å²) in [6, 6.07) is 27.1. The number of benzene rings is 3. The fourth-order valence-electron chi connectivity index (χ4n) is 6.77. The standard InChI is InChI=1S/C44H58N4O12Si/c1-28(45)55-43-40(56-29(2)49)37(54-26-32-22-16-11-17-23-32)38(39(59-43)41(50)51-6)58-42-34(47-48-46)36(53-25-31-20-14-10-15-21-31)35(60-61(7,8)44(3,4)5)33(57-42)27-52-24-30-18-12-9-13-19-30/h9-23,33-40,42-43,45H,24-27H2,1-8H3/t33?,34-,35+,36?,37+,38+,39?,40?,42-,43-/m0/s1. The van der Waals surface area contributed by atoms with Crippen LogP contribution in [0.1, 0.15) is 51.3 Å². The SMILES string of the molecule is COC(=O)C1O[C@H](OC(C)=N)C(OC(C)=O)[C@H](OCc2ccccc2)[C@H]1O[C@@H]1OC(COCc2ccccc2)[C@@H](O[Si](C)(C)C(C)(C)C)C(OCc2ccccc2)[C@@H]1N=[N+]=[N-]. The van der Waals surface area contributed by atoms with E-state index >= 15 is 0 Å². The molecule has 61 heavy (non-hydrogen) atoms. The fraction of sp³-hybridized carbons (Fsp3) is 0.523. The number of azide groups is 1. The highest BCUT2D eigenvalue weighted by atomic mass is 28.4. The molecule has 2 aliphatic heterocycles. The second-order valence-electron chi connectivity index (χ2n) is 16.4. The van der Waals surface area contributed by atoms with E-state index in [1.807, 2.05) is 91.0 Å². The summed E-state index contributed by atoms with van der Waals surface area (Å²) >= 11 is 0. The van der Waals surface area contributed by atoms with Gasteiger partial charge in [0.2, 0.25) is 6.29 Å². The quantitative estimate of drug-likeness (QED) is 0.0253. The molecule has 2 heterocycles. The van der Waals surface area contributed by atoms with Crippen LogP contribution in [0.3, 0.4) is 0 Å². The molecule has 1 N–H and O–H groups in total. The molecule has 0 spiro atoms. The lowest BCUT2D eigenvalue weighted by Gasteiger charge is -2.51. The van der Waals surface area contributed by atoms with Crippen molar-refractivity contribution in [3.05, 3.63) is 118 Å². The molecule has 0 aromatic heterocycles. The lowest BCUT2D eigenvalue weighted by Crippen LogP contribution is -2.67. The van der Waals surface area contributed by atoms with Crippen LogP contribution in [-0.2, 0) is 76.5 Å². The first-order valence-corrected chi connectivity index (χ1v) is 23.1. The Kier molecular flexibility index (Phi) is 17.0. The minimum absolute atomic E-state index is 0.00234. The smallest absolute Gasteiger partial charge is 0.338 e. The molecule has 0 bridgehead atoms. The van der Waals surface area contributed by atoms with Gasteiger partial charge >= 0.3 is 11.9 Å². The average molecular weight is 863 g/mol. The number of ether oxygens (including phenoxy) is 9. The summed E-state index contributed by atoms with van der Waals surface area (Å²) in [5, 5.41) is 12.1. The van der Waals surface area contributed by atoms with Gasteiger partial charge in [-0.05, 0) is 40.4 Å². The maximum atomic E-state index is 13.7. The zero-order chi connectivity index (χ0) is 44.2. The number of carbonyl (C=O) groups is 2. The molecule has 5 rings (SSSR count). The first kappa shape index (κ1) is 47.4. The number of nitrogens with one attached hydrogen (secondary N) is 1. The number of nitrogens with zero attached hydrogens (tertiary/aromatic N) is 3. The molecule has 16 nitrogen and oxygen atoms in total. The first-order valence-electron chi connectivity index (χ1n) is 20.2. The molecule has 0 amide bonds. The van der Waals surface area contributed by atoms with Crippen molar-refractivity contribution in [1.29, 1.82) is 5.41 Å². The van der Waals surface area contributed by atoms with Gasteiger partial charge in [-0.1, -0.05) is 117 Å². The first-order chi connectivity index (χ1) is 29.1. The van der Waals surface area contributed by atoms with Gasteiger partial charge in [-0.25, -0.2) is 4.79 Å². The van der Waals surface area contributed by atoms with Crippen LogP contribution in [0.2, 0.25) is 18.1 Å². The van der Waals surface area contributed by atoms with Crippen LogP contribution < -0.4 is 0 Å². The second kappa shape index (κ2) is 21.9. The third-order valence-electron chi connectivity index (χ3n) is 10.8. The van der Waals surface area contributed by atoms with Gasteiger partial charge in [-0.2, -0.15) is 0 Å². The van der Waals surface area contributed by atoms with Crippen molar-refractivity contribution < 1.29 is 56.6 Å². The highest BCUT2D eigenvalue weighted by molar-refractivity contribution is 6.74. The van der Waals surface area contributed by atoms with E-state index in [0.717, 1.165) is 16.7 Å². The number of esters is 2. The summed E-state index contributed by atoms with van der Waals surface area (Å²) in [4.78, 5) is 29.6. The maximum Gasteiger partial charge on any atom is 0.338 e. The molecule has 0 saturated carbocycles. The monoisotopic (exact) mass is 862 g/mol. The molecule has 2 aliphatic rings. The Hall–Kier alpha value is -4.68. The Bertz CT molecular complexity index is 1920. The Morgan fingerprint density at radius 2 is 1.30 bits per heavy atom. The van der Waals surface area contributed by atoms with Crippen LogP contribution in [-0.4, -0.2) is 101 Å². The average Bonchev–Trinajstić information content (AvgIpc) is 3.22. The Morgan fingerprint density at radius 1 is 0.754 bits per heavy atom. The molecule has 0 radical (unpaired) electrons. The van der Waals surface area contributed by atoms with Crippen molar-refractivity contribution in [1.82, 2.24) is 0 Å². The number of carbonyl (C=O) groups excluding carboxylic acids is 2. The molecule has 330 valence electrons. The van der Waals surface area contributed by atoms with Gasteiger partial charge in [-0.15, -0.1) is 0 Å². The van der Waals surface area contributed by atoms with Crippen LogP contribution in [0.25, 0.3) is 10.4 Å². The second-order valence-corrected chi connectivity index (χ2v) is 21.2. The third-order valence-corrected chi connectivity index (χ3v) is 15.3. The number of hydrogen-bond donors (Lipinski definition) is 1. The Balaban J connectivity index is 1.61. The summed E-state index contributed by atoms with van der Waals surface area (Å²) < 4.78 is 63.0. The van der Waals surface area contributed by atoms with E-state index in [2.05, 4.69) is 43.9 Å². The zero-order valence-electron chi connectivity index (χ0n) is 36.0. The van der Waals surface area contributed by atoms with Gasteiger partial charge < -0.3 is 47.1 Å². The van der Waals surface area contributed by atoms with Crippen LogP contribution in [0.15, 0.2) is 96.1 Å². The molecule has 3 aromatic carbocycles. The molecule has 10 atom stereocenters. The number of methoxy groups -OCH3 is 1. The largest absolute Gasteiger partial charge is 0.467 e. The molecule has 2 fully saturated rings. The van der Waals surface area contributed by atoms with Crippen LogP contribution >= 0.6 is 0 Å². The van der Waals surface area contributed by atoms with Crippen molar-refractivity contribution in [3.63, 3.8) is 0 Å². The van der Waals surface area contributed by atoms with Crippen LogP contribution in [0.4, 0.5) is 0 Å². The third kappa shape index (κ3) is 12.9. The molecule has 4 unspecified atom stereocenters. The maximum absolute atomic E-state index is 13.7. The van der Waals surface area contributed by atoms with Gasteiger partial charge in [0.15, 0.2) is 32.7 Å². The summed E-state index contributed by atoms with van der Waals surface area (Å²) in [6.45, 7) is 13.5. The molecule has 3 aromatic rings. The van der Waals surface area contributed by atoms with Gasteiger partial charge in [0.1, 0.15) is 30.5 Å². The van der Waals surface area contributed by atoms with Crippen molar-refractivity contribution in [2.45, 2.75) is 134 Å². The lowest BCUT2D eigenvalue weighted by atomic mass is 9.95. The summed E-state index contributed by atoms with van der Waals surface area (Å²) in [6.07, 6.45) is -11.4. The minimum Gasteiger partial charge on any atom is -0.467 e. The molecular weight excluding hydrogens is 805 g/mol. The van der Waals surface area contributed by atoms with E-state index in [1.165, 1.54) is 21.0 Å². The van der Waals surface area contributed by atoms with E-state index in [1.54, 1.807) is 0 Å². The van der Waals surface area contributed by atoms with E-state index in [4.69, 9.17) is 52.5 Å². The highest BCUT2D eigenvalue weighted by Crippen LogP contribution is 2.42. The van der Waals surface area contributed by atoms with Gasteiger partial charge in [0.25, 0.3) is 0 Å². The van der Waals surface area contributed by atoms with Crippen molar-refractivity contribution in [2.24, 2.45) is 5.11 Å². The van der Waals surface area contributed by atoms with Gasteiger partial charge in [0, 0.05) is 18.8 Å². The molecule has 17 heteroatoms. The minimum atomic E-state index is -2.61. The fourth-order valence-corrected chi connectivity index (χ4v) is 8.09. The van der Waals surface area contributed by atoms with Crippen LogP contribution in [0, 0.1) is 5.41 Å². The van der Waals surface area contributed by atoms with Crippen LogP contribution in [0.5, 0.6) is 0 Å². The van der Waals surface area contributed by atoms with E-state index in [-0.39, 0.29) is 37.4 Å². The summed E-state index contributed by atoms with van der Waals surface area (Å²) in [5.41, 5.74) is 12.7. The topological polar surface area (TPSA) is 199 Å². The van der Waals surface area contributed by atoms with Gasteiger partial charge in [0.05, 0.1) is 39.6 Å². The van der Waals surface area contributed by atoms with Crippen molar-refractivity contribution in [3.8, 4) is 0 Å². The number of rotatable bonds is 18. The number of hydrogen-bond acceptors (Lipinski definition) is 14. The predicted octanol–water partition coefficient (Wildman–Crippen LogP) is 7.40. The van der Waals surface area contributed by atoms with Gasteiger partial charge in [-0.3, -0.25) is 10.2 Å². The normalized spacial score (nSPS) is 26.7. The summed E-state index contributed by atoms with van der Waals surface area (Å²) in [7, 11) is -1.43. The molecular formula is C44H58N4O12Si. The van der Waals surface area contributed by atoms with Crippen molar-refractivity contribution in [2.75, 3.05) is 13.7 Å². The molecule has 0 aliphatic carbocycles. The van der Waals surface area contributed by atoms with Crippen molar-refractivity contribution >= 4 is 26.2 Å². The molecule has 2 saturated heterocycles. The van der Waals surface area contributed by atoms with E-state index in [0.29, 0.717) is 0 Å². The van der Waals surface area contributed by atoms with E-state index in [9.17, 15) is 15.1 Å². The van der Waals surface area contributed by atoms with E-state index < -0.39 is 81.6 Å². The zero-order valence-corrected chi connectivity index (χ0v) is 37.0. The lowest BCUT2D eigenvalue weighted by molar-refractivity contribution is -0.340. The Labute approximate surface area is 358 Å². The highest BCUT2D eigenvalue weighted by Gasteiger charge is 2.58.